The lowest BCUT2D eigenvalue weighted by molar-refractivity contribution is 0.580. The summed E-state index contributed by atoms with van der Waals surface area (Å²) in [5.41, 5.74) is 1.73. The Morgan fingerprint density at radius 3 is 2.93 bits per heavy atom. The van der Waals surface area contributed by atoms with Crippen LogP contribution in [0.3, 0.4) is 0 Å². The number of fused-ring (bicyclic) bond motifs is 1. The van der Waals surface area contributed by atoms with Crippen LogP contribution >= 0.6 is 15.9 Å². The summed E-state index contributed by atoms with van der Waals surface area (Å²) in [6, 6.07) is 7.68. The molecule has 0 fully saturated rings. The van der Waals surface area contributed by atoms with Gasteiger partial charge in [0.2, 0.25) is 0 Å². The highest BCUT2D eigenvalue weighted by molar-refractivity contribution is 9.10. The summed E-state index contributed by atoms with van der Waals surface area (Å²) in [5.74, 6) is 0.783. The molecule has 3 aromatic rings. The number of hydrogen-bond donors (Lipinski definition) is 0. The van der Waals surface area contributed by atoms with E-state index in [1.807, 2.05) is 41.1 Å². The molecular weight excluding hydrogens is 256 g/mol. The van der Waals surface area contributed by atoms with Crippen LogP contribution in [0.1, 0.15) is 0 Å². The predicted molar refractivity (Wildman–Crippen MR) is 60.6 cm³/mol. The van der Waals surface area contributed by atoms with Crippen molar-refractivity contribution in [1.29, 1.82) is 0 Å². The highest BCUT2D eigenvalue weighted by Gasteiger charge is 2.07. The fourth-order valence-corrected chi connectivity index (χ4v) is 1.97. The van der Waals surface area contributed by atoms with Crippen LogP contribution in [0.15, 0.2) is 51.8 Å². The summed E-state index contributed by atoms with van der Waals surface area (Å²) < 4.78 is 8.23. The topological polar surface area (TPSA) is 30.4 Å². The molecule has 0 N–H and O–H groups in total. The van der Waals surface area contributed by atoms with Crippen molar-refractivity contribution >= 4 is 21.6 Å². The lowest BCUT2D eigenvalue weighted by Crippen LogP contribution is -1.80. The number of aromatic nitrogens is 2. The van der Waals surface area contributed by atoms with E-state index >= 15 is 0 Å². The molecule has 4 heteroatoms. The molecule has 3 rings (SSSR count). The first kappa shape index (κ1) is 8.73. The van der Waals surface area contributed by atoms with E-state index in [1.165, 1.54) is 0 Å². The highest BCUT2D eigenvalue weighted by Crippen LogP contribution is 2.23. The second-order valence-electron chi connectivity index (χ2n) is 3.19. The van der Waals surface area contributed by atoms with E-state index in [0.717, 1.165) is 21.6 Å². The molecule has 0 aromatic carbocycles. The average molecular weight is 263 g/mol. The molecule has 3 heterocycles. The van der Waals surface area contributed by atoms with Gasteiger partial charge in [-0.15, -0.1) is 0 Å². The minimum atomic E-state index is 0.783. The third kappa shape index (κ3) is 1.37. The minimum absolute atomic E-state index is 0.783. The van der Waals surface area contributed by atoms with Gasteiger partial charge in [0.15, 0.2) is 11.4 Å². The summed E-state index contributed by atoms with van der Waals surface area (Å²) in [4.78, 5) is 4.48. The monoisotopic (exact) mass is 262 g/mol. The van der Waals surface area contributed by atoms with Gasteiger partial charge in [-0.1, -0.05) is 0 Å². The second kappa shape index (κ2) is 3.24. The smallest absolute Gasteiger partial charge is 0.153 e. The van der Waals surface area contributed by atoms with E-state index in [1.54, 1.807) is 6.26 Å². The van der Waals surface area contributed by atoms with Gasteiger partial charge >= 0.3 is 0 Å². The zero-order valence-electron chi connectivity index (χ0n) is 7.72. The zero-order chi connectivity index (χ0) is 10.3. The molecule has 0 spiro atoms. The molecule has 0 radical (unpaired) electrons. The van der Waals surface area contributed by atoms with Crippen LogP contribution in [-0.4, -0.2) is 9.38 Å². The van der Waals surface area contributed by atoms with Crippen molar-refractivity contribution in [2.45, 2.75) is 0 Å². The number of hydrogen-bond acceptors (Lipinski definition) is 2. The molecule has 0 unspecified atom stereocenters. The minimum Gasteiger partial charge on any atom is -0.463 e. The first-order chi connectivity index (χ1) is 7.34. The van der Waals surface area contributed by atoms with E-state index in [2.05, 4.69) is 20.9 Å². The van der Waals surface area contributed by atoms with Crippen molar-refractivity contribution < 1.29 is 4.42 Å². The lowest BCUT2D eigenvalue weighted by Gasteiger charge is -1.92. The van der Waals surface area contributed by atoms with Crippen molar-refractivity contribution in [1.82, 2.24) is 9.38 Å². The van der Waals surface area contributed by atoms with Crippen LogP contribution in [0.4, 0.5) is 0 Å². The van der Waals surface area contributed by atoms with Crippen LogP contribution < -0.4 is 0 Å². The summed E-state index contributed by atoms with van der Waals surface area (Å²) in [7, 11) is 0. The van der Waals surface area contributed by atoms with Gasteiger partial charge in [-0.3, -0.25) is 0 Å². The molecule has 3 aromatic heterocycles. The largest absolute Gasteiger partial charge is 0.463 e. The summed E-state index contributed by atoms with van der Waals surface area (Å²) in [6.07, 6.45) is 5.55. The second-order valence-corrected chi connectivity index (χ2v) is 4.04. The highest BCUT2D eigenvalue weighted by atomic mass is 79.9. The van der Waals surface area contributed by atoms with Crippen molar-refractivity contribution in [3.05, 3.63) is 47.4 Å². The van der Waals surface area contributed by atoms with Crippen molar-refractivity contribution in [2.24, 2.45) is 0 Å². The zero-order valence-corrected chi connectivity index (χ0v) is 9.31. The van der Waals surface area contributed by atoms with Crippen LogP contribution in [-0.2, 0) is 0 Å². The standard InChI is InChI=1S/C11H7BrN2O/c12-8-3-1-5-14-7-9(13-11(8)14)10-4-2-6-15-10/h1-7H. The third-order valence-electron chi connectivity index (χ3n) is 2.21. The van der Waals surface area contributed by atoms with Crippen LogP contribution in [0, 0.1) is 0 Å². The van der Waals surface area contributed by atoms with Crippen molar-refractivity contribution in [2.75, 3.05) is 0 Å². The number of imidazole rings is 1. The van der Waals surface area contributed by atoms with Gasteiger partial charge in [0.05, 0.1) is 10.7 Å². The number of rotatable bonds is 1. The molecule has 3 nitrogen and oxygen atoms in total. The Morgan fingerprint density at radius 1 is 1.27 bits per heavy atom. The normalized spacial score (nSPS) is 11.0. The molecule has 0 bridgehead atoms. The van der Waals surface area contributed by atoms with Crippen molar-refractivity contribution in [3.63, 3.8) is 0 Å². The Labute approximate surface area is 94.5 Å². The van der Waals surface area contributed by atoms with Gasteiger partial charge in [0, 0.05) is 12.4 Å². The summed E-state index contributed by atoms with van der Waals surface area (Å²) in [5, 5.41) is 0. The molecule has 0 amide bonds. The van der Waals surface area contributed by atoms with E-state index in [9.17, 15) is 0 Å². The Morgan fingerprint density at radius 2 is 2.20 bits per heavy atom. The molecule has 0 saturated heterocycles. The Kier molecular flexibility index (Phi) is 1.89. The number of nitrogens with zero attached hydrogens (tertiary/aromatic N) is 2. The molecule has 74 valence electrons. The quantitative estimate of drug-likeness (QED) is 0.674. The van der Waals surface area contributed by atoms with Crippen LogP contribution in [0.2, 0.25) is 0 Å². The molecule has 15 heavy (non-hydrogen) atoms. The SMILES string of the molecule is Brc1cccn2cc(-c3ccco3)nc12. The number of furan rings is 1. The average Bonchev–Trinajstić information content (AvgIpc) is 2.86. The lowest BCUT2D eigenvalue weighted by atomic mass is 10.4. The van der Waals surface area contributed by atoms with E-state index in [-0.39, 0.29) is 0 Å². The number of halogens is 1. The third-order valence-corrected chi connectivity index (χ3v) is 2.83. The Balaban J connectivity index is 2.27. The van der Waals surface area contributed by atoms with Crippen LogP contribution in [0.25, 0.3) is 17.1 Å². The van der Waals surface area contributed by atoms with Gasteiger partial charge in [-0.2, -0.15) is 0 Å². The summed E-state index contributed by atoms with van der Waals surface area (Å²) in [6.45, 7) is 0. The maximum Gasteiger partial charge on any atom is 0.153 e. The molecule has 0 aliphatic heterocycles. The maximum absolute atomic E-state index is 5.30. The molecule has 0 atom stereocenters. The fourth-order valence-electron chi connectivity index (χ4n) is 1.52. The van der Waals surface area contributed by atoms with Gasteiger partial charge in [0.1, 0.15) is 5.69 Å². The first-order valence-electron chi connectivity index (χ1n) is 4.52. The predicted octanol–water partition coefficient (Wildman–Crippen LogP) is 3.36. The van der Waals surface area contributed by atoms with Crippen LogP contribution in [0.5, 0.6) is 0 Å². The fraction of sp³-hybridized carbons (Fsp3) is 0. The van der Waals surface area contributed by atoms with E-state index in [4.69, 9.17) is 4.42 Å². The van der Waals surface area contributed by atoms with Gasteiger partial charge in [-0.25, -0.2) is 4.98 Å². The van der Waals surface area contributed by atoms with Gasteiger partial charge in [0.25, 0.3) is 0 Å². The Hall–Kier alpha value is -1.55. The molecule has 0 saturated carbocycles. The molecule has 0 aliphatic carbocycles. The van der Waals surface area contributed by atoms with Crippen molar-refractivity contribution in [3.8, 4) is 11.5 Å². The van der Waals surface area contributed by atoms with Gasteiger partial charge < -0.3 is 8.82 Å². The maximum atomic E-state index is 5.30. The first-order valence-corrected chi connectivity index (χ1v) is 5.31. The Bertz CT molecular complexity index is 598. The van der Waals surface area contributed by atoms with E-state index < -0.39 is 0 Å². The summed E-state index contributed by atoms with van der Waals surface area (Å²) >= 11 is 3.46. The molecular formula is C11H7BrN2O. The van der Waals surface area contributed by atoms with Gasteiger partial charge in [-0.05, 0) is 40.2 Å². The molecule has 0 aliphatic rings. The van der Waals surface area contributed by atoms with E-state index in [0.29, 0.717) is 0 Å². The number of pyridine rings is 1.